The summed E-state index contributed by atoms with van der Waals surface area (Å²) < 4.78 is 1.03. The van der Waals surface area contributed by atoms with Gasteiger partial charge in [0.15, 0.2) is 0 Å². The molecule has 1 rings (SSSR count). The first kappa shape index (κ1) is 6.42. The van der Waals surface area contributed by atoms with Crippen molar-refractivity contribution in [2.75, 3.05) is 0 Å². The zero-order chi connectivity index (χ0) is 6.85. The number of pyridine rings is 1. The Morgan fingerprint density at radius 1 is 1.56 bits per heavy atom. The van der Waals surface area contributed by atoms with E-state index >= 15 is 0 Å². The molecule has 0 aromatic carbocycles. The molecule has 2 nitrogen and oxygen atoms in total. The van der Waals surface area contributed by atoms with Crippen molar-refractivity contribution >= 4 is 12.6 Å². The minimum absolute atomic E-state index is 0.551. The Kier molecular flexibility index (Phi) is 1.62. The SMILES string of the molecule is Cc1cccc(S)[n+]1O. The molecular weight excluding hydrogens is 134 g/mol. The standard InChI is InChI=1S/C6H7NOS/c1-5-3-2-4-6(9)7(5)8/h2-4,8H,1H3/p+1. The average Bonchev–Trinajstić information content (AvgIpc) is 1.83. The summed E-state index contributed by atoms with van der Waals surface area (Å²) >= 11 is 3.98. The number of aryl methyl sites for hydroxylation is 1. The van der Waals surface area contributed by atoms with Crippen molar-refractivity contribution in [2.45, 2.75) is 11.9 Å². The van der Waals surface area contributed by atoms with Crippen LogP contribution in [0.25, 0.3) is 0 Å². The monoisotopic (exact) mass is 142 g/mol. The summed E-state index contributed by atoms with van der Waals surface area (Å²) in [7, 11) is 0. The summed E-state index contributed by atoms with van der Waals surface area (Å²) in [6.07, 6.45) is 0. The molecule has 0 aliphatic carbocycles. The molecule has 0 spiro atoms. The van der Waals surface area contributed by atoms with Crippen molar-refractivity contribution < 1.29 is 9.94 Å². The van der Waals surface area contributed by atoms with E-state index in [2.05, 4.69) is 12.6 Å². The van der Waals surface area contributed by atoms with Gasteiger partial charge in [-0.15, -0.1) is 0 Å². The quantitative estimate of drug-likeness (QED) is 0.312. The Hall–Kier alpha value is -0.700. The van der Waals surface area contributed by atoms with Crippen LogP contribution in [0.15, 0.2) is 23.2 Å². The minimum Gasteiger partial charge on any atom is -0.284 e. The first-order valence-electron chi connectivity index (χ1n) is 2.61. The third kappa shape index (κ3) is 1.16. The molecule has 0 bridgehead atoms. The molecule has 0 unspecified atom stereocenters. The van der Waals surface area contributed by atoms with E-state index in [0.29, 0.717) is 5.03 Å². The maximum atomic E-state index is 9.05. The second-order valence-electron chi connectivity index (χ2n) is 1.84. The molecule has 48 valence electrons. The van der Waals surface area contributed by atoms with Gasteiger partial charge in [-0.05, 0) is 6.07 Å². The van der Waals surface area contributed by atoms with Gasteiger partial charge in [0, 0.05) is 23.8 Å². The van der Waals surface area contributed by atoms with Crippen LogP contribution in [0.1, 0.15) is 5.69 Å². The van der Waals surface area contributed by atoms with Crippen molar-refractivity contribution in [3.8, 4) is 0 Å². The van der Waals surface area contributed by atoms with Crippen LogP contribution in [0, 0.1) is 6.92 Å². The van der Waals surface area contributed by atoms with E-state index in [1.807, 2.05) is 6.07 Å². The van der Waals surface area contributed by atoms with E-state index in [1.165, 1.54) is 0 Å². The maximum Gasteiger partial charge on any atom is 0.288 e. The van der Waals surface area contributed by atoms with E-state index in [9.17, 15) is 0 Å². The molecule has 1 N–H and O–H groups in total. The van der Waals surface area contributed by atoms with Crippen molar-refractivity contribution in [1.29, 1.82) is 0 Å². The number of nitrogens with zero attached hydrogens (tertiary/aromatic N) is 1. The zero-order valence-corrected chi connectivity index (χ0v) is 5.97. The first-order chi connectivity index (χ1) is 4.22. The fourth-order valence-corrected chi connectivity index (χ4v) is 0.839. The molecule has 0 radical (unpaired) electrons. The number of aromatic nitrogens is 1. The molecule has 9 heavy (non-hydrogen) atoms. The van der Waals surface area contributed by atoms with E-state index in [4.69, 9.17) is 5.21 Å². The van der Waals surface area contributed by atoms with Gasteiger partial charge in [0.05, 0.1) is 0 Å². The van der Waals surface area contributed by atoms with E-state index in [0.717, 1.165) is 10.4 Å². The molecule has 1 aromatic rings. The molecule has 0 atom stereocenters. The molecule has 0 aliphatic heterocycles. The smallest absolute Gasteiger partial charge is 0.284 e. The van der Waals surface area contributed by atoms with Crippen molar-refractivity contribution in [3.05, 3.63) is 23.9 Å². The lowest BCUT2D eigenvalue weighted by atomic mass is 10.4. The molecule has 0 saturated carbocycles. The number of hydrogen-bond donors (Lipinski definition) is 2. The second-order valence-corrected chi connectivity index (χ2v) is 2.30. The van der Waals surface area contributed by atoms with Gasteiger partial charge in [0.2, 0.25) is 5.69 Å². The fraction of sp³-hybridized carbons (Fsp3) is 0.167. The molecule has 0 aliphatic rings. The van der Waals surface area contributed by atoms with Crippen LogP contribution in [-0.2, 0) is 0 Å². The topological polar surface area (TPSA) is 24.1 Å². The summed E-state index contributed by atoms with van der Waals surface area (Å²) in [5.74, 6) is 0. The number of hydrogen-bond acceptors (Lipinski definition) is 2. The van der Waals surface area contributed by atoms with Crippen LogP contribution in [0.3, 0.4) is 0 Å². The summed E-state index contributed by atoms with van der Waals surface area (Å²) in [6.45, 7) is 1.81. The van der Waals surface area contributed by atoms with Crippen molar-refractivity contribution in [1.82, 2.24) is 0 Å². The van der Waals surface area contributed by atoms with E-state index < -0.39 is 0 Å². The lowest BCUT2D eigenvalue weighted by Crippen LogP contribution is -2.35. The highest BCUT2D eigenvalue weighted by Gasteiger charge is 2.06. The van der Waals surface area contributed by atoms with Gasteiger partial charge >= 0.3 is 0 Å². The van der Waals surface area contributed by atoms with Crippen LogP contribution in [0.2, 0.25) is 0 Å². The van der Waals surface area contributed by atoms with Crippen LogP contribution in [0.5, 0.6) is 0 Å². The average molecular weight is 142 g/mol. The van der Waals surface area contributed by atoms with Gasteiger partial charge < -0.3 is 0 Å². The number of thiol groups is 1. The fourth-order valence-electron chi connectivity index (χ4n) is 0.595. The zero-order valence-electron chi connectivity index (χ0n) is 5.07. The Morgan fingerprint density at radius 3 is 2.67 bits per heavy atom. The summed E-state index contributed by atoms with van der Waals surface area (Å²) in [4.78, 5) is 0. The molecular formula is C6H8NOS+. The summed E-state index contributed by atoms with van der Waals surface area (Å²) in [5, 5.41) is 9.60. The third-order valence-corrected chi connectivity index (χ3v) is 1.47. The Labute approximate surface area is 59.1 Å². The lowest BCUT2D eigenvalue weighted by Gasteiger charge is -1.88. The van der Waals surface area contributed by atoms with Crippen molar-refractivity contribution in [2.24, 2.45) is 0 Å². The van der Waals surface area contributed by atoms with Crippen LogP contribution in [0.4, 0.5) is 0 Å². The van der Waals surface area contributed by atoms with Gasteiger partial charge in [0.1, 0.15) is 0 Å². The summed E-state index contributed by atoms with van der Waals surface area (Å²) in [5.41, 5.74) is 0.780. The van der Waals surface area contributed by atoms with Gasteiger partial charge in [-0.2, -0.15) is 0 Å². The van der Waals surface area contributed by atoms with Crippen LogP contribution < -0.4 is 4.73 Å². The van der Waals surface area contributed by atoms with Gasteiger partial charge in [-0.1, -0.05) is 12.6 Å². The second kappa shape index (κ2) is 2.27. The van der Waals surface area contributed by atoms with E-state index in [1.54, 1.807) is 19.1 Å². The minimum atomic E-state index is 0.551. The molecule has 0 fully saturated rings. The third-order valence-electron chi connectivity index (χ3n) is 1.13. The Bertz CT molecular complexity index is 204. The summed E-state index contributed by atoms with van der Waals surface area (Å²) in [6, 6.07) is 5.36. The van der Waals surface area contributed by atoms with Gasteiger partial charge in [-0.3, -0.25) is 5.21 Å². The van der Waals surface area contributed by atoms with Crippen LogP contribution in [-0.4, -0.2) is 5.21 Å². The Morgan fingerprint density at radius 2 is 2.22 bits per heavy atom. The van der Waals surface area contributed by atoms with Crippen LogP contribution >= 0.6 is 12.6 Å². The van der Waals surface area contributed by atoms with Crippen molar-refractivity contribution in [3.63, 3.8) is 0 Å². The predicted molar refractivity (Wildman–Crippen MR) is 35.8 cm³/mol. The lowest BCUT2D eigenvalue weighted by molar-refractivity contribution is -0.936. The molecule has 0 saturated heterocycles. The number of rotatable bonds is 0. The molecule has 1 heterocycles. The molecule has 1 aromatic heterocycles. The Balaban J connectivity index is 3.25. The van der Waals surface area contributed by atoms with Gasteiger partial charge in [0.25, 0.3) is 5.03 Å². The predicted octanol–water partition coefficient (Wildman–Crippen LogP) is 0.809. The highest BCUT2D eigenvalue weighted by Crippen LogP contribution is 1.97. The highest BCUT2D eigenvalue weighted by atomic mass is 32.1. The molecule has 0 amide bonds. The maximum absolute atomic E-state index is 9.05. The largest absolute Gasteiger partial charge is 0.288 e. The van der Waals surface area contributed by atoms with E-state index in [-0.39, 0.29) is 0 Å². The first-order valence-corrected chi connectivity index (χ1v) is 3.06. The highest BCUT2D eigenvalue weighted by molar-refractivity contribution is 7.80. The van der Waals surface area contributed by atoms with Gasteiger partial charge in [-0.25, -0.2) is 0 Å². The molecule has 3 heteroatoms. The normalized spacial score (nSPS) is 9.56.